The van der Waals surface area contributed by atoms with Gasteiger partial charge in [0.15, 0.2) is 0 Å². The number of thioether (sulfide) groups is 5. The first kappa shape index (κ1) is 36.6. The van der Waals surface area contributed by atoms with E-state index in [1.807, 2.05) is 29.2 Å². The fourth-order valence-corrected chi connectivity index (χ4v) is 12.7. The minimum Gasteiger partial charge on any atom is -0.336 e. The van der Waals surface area contributed by atoms with Crippen molar-refractivity contribution in [2.24, 2.45) is 0 Å². The van der Waals surface area contributed by atoms with E-state index in [1.54, 1.807) is 102 Å². The molecule has 3 heterocycles. The zero-order valence-corrected chi connectivity index (χ0v) is 32.7. The molecule has 4 aromatic rings. The number of nitrogens with zero attached hydrogens (tertiary/aromatic N) is 1. The van der Waals surface area contributed by atoms with Crippen LogP contribution in [-0.2, 0) is 0 Å². The standard InChI is InChI=1S/C40H25NO4S7/c42-30(24-13-5-1-6-14-24)34-35(31(43)25-15-7-2-8-16-25)50-39(49-34)28(23-46)41-21-22-48-38(47)29(41)40-51-36(32(44)26-17-9-3-10-18-26)37(52-40)33(45)27-19-11-4-12-20-27/h1-20,23H,21-22H2. The summed E-state index contributed by atoms with van der Waals surface area (Å²) in [5.74, 6) is -0.335. The SMILES string of the molecule is O=C(C1=C(C(=O)c2ccccc2)SC(=C(C=S)N2CCSC(=S)C2=C2SC(C(=O)c3ccccc3)=C(C(=O)c3ccccc3)S2)S1)c1ccccc1. The van der Waals surface area contributed by atoms with E-state index in [-0.39, 0.29) is 23.1 Å². The highest BCUT2D eigenvalue weighted by Gasteiger charge is 2.39. The van der Waals surface area contributed by atoms with Crippen molar-refractivity contribution in [1.29, 1.82) is 0 Å². The van der Waals surface area contributed by atoms with Crippen LogP contribution < -0.4 is 0 Å². The number of hydrogen-bond acceptors (Lipinski definition) is 12. The van der Waals surface area contributed by atoms with Crippen molar-refractivity contribution in [3.05, 3.63) is 183 Å². The Morgan fingerprint density at radius 1 is 0.538 bits per heavy atom. The Bertz CT molecular complexity index is 2130. The van der Waals surface area contributed by atoms with Crippen molar-refractivity contribution in [1.82, 2.24) is 4.90 Å². The Balaban J connectivity index is 1.30. The largest absolute Gasteiger partial charge is 0.336 e. The summed E-state index contributed by atoms with van der Waals surface area (Å²) in [7, 11) is 0. The van der Waals surface area contributed by atoms with Gasteiger partial charge in [-0.05, 0) is 0 Å². The summed E-state index contributed by atoms with van der Waals surface area (Å²) in [5, 5.41) is 1.55. The van der Waals surface area contributed by atoms with E-state index in [0.717, 1.165) is 0 Å². The molecule has 0 spiro atoms. The van der Waals surface area contributed by atoms with Gasteiger partial charge in [0, 0.05) is 39.9 Å². The molecule has 0 radical (unpaired) electrons. The summed E-state index contributed by atoms with van der Waals surface area (Å²) in [6, 6.07) is 35.6. The van der Waals surface area contributed by atoms with Gasteiger partial charge in [0.2, 0.25) is 23.1 Å². The van der Waals surface area contributed by atoms with Crippen LogP contribution in [0, 0.1) is 0 Å². The van der Waals surface area contributed by atoms with Gasteiger partial charge in [0.1, 0.15) is 0 Å². The Morgan fingerprint density at radius 2 is 0.885 bits per heavy atom. The monoisotopic (exact) mass is 807 g/mol. The molecule has 7 rings (SSSR count). The van der Waals surface area contributed by atoms with Gasteiger partial charge in [-0.25, -0.2) is 0 Å². The Kier molecular flexibility index (Phi) is 11.6. The third-order valence-electron chi connectivity index (χ3n) is 7.98. The molecule has 0 atom stereocenters. The van der Waals surface area contributed by atoms with E-state index in [4.69, 9.17) is 24.4 Å². The number of benzene rings is 4. The average Bonchev–Trinajstić information content (AvgIpc) is 3.84. The molecule has 0 bridgehead atoms. The molecule has 3 aliphatic rings. The minimum atomic E-state index is -0.251. The molecule has 256 valence electrons. The molecule has 0 amide bonds. The van der Waals surface area contributed by atoms with Crippen molar-refractivity contribution < 1.29 is 19.2 Å². The summed E-state index contributed by atoms with van der Waals surface area (Å²) in [4.78, 5) is 59.2. The highest BCUT2D eigenvalue weighted by Crippen LogP contribution is 2.56. The predicted octanol–water partition coefficient (Wildman–Crippen LogP) is 10.6. The number of carbonyl (C=O) groups is 4. The lowest BCUT2D eigenvalue weighted by Crippen LogP contribution is -2.33. The second kappa shape index (κ2) is 16.5. The molecular weight excluding hydrogens is 783 g/mol. The Hall–Kier alpha value is -3.75. The van der Waals surface area contributed by atoms with E-state index < -0.39 is 0 Å². The zero-order valence-electron chi connectivity index (χ0n) is 27.0. The lowest BCUT2D eigenvalue weighted by atomic mass is 10.1. The van der Waals surface area contributed by atoms with Crippen LogP contribution in [0.3, 0.4) is 0 Å². The van der Waals surface area contributed by atoms with Crippen molar-refractivity contribution in [2.75, 3.05) is 12.3 Å². The van der Waals surface area contributed by atoms with Crippen LogP contribution in [0.1, 0.15) is 41.4 Å². The number of hydrogen-bond donors (Lipinski definition) is 0. The molecule has 12 heteroatoms. The first-order valence-electron chi connectivity index (χ1n) is 15.8. The first-order valence-corrected chi connectivity index (χ1v) is 21.0. The molecule has 0 N–H and O–H groups in total. The highest BCUT2D eigenvalue weighted by atomic mass is 32.2. The number of Topliss-reactive ketones (excluding diaryl/α,β-unsaturated/α-hetero) is 4. The van der Waals surface area contributed by atoms with E-state index in [9.17, 15) is 19.2 Å². The summed E-state index contributed by atoms with van der Waals surface area (Å²) in [6.07, 6.45) is 0. The fraction of sp³-hybridized carbons (Fsp3) is 0.0500. The molecule has 4 aromatic carbocycles. The van der Waals surface area contributed by atoms with Crippen molar-refractivity contribution in [2.45, 2.75) is 0 Å². The molecule has 0 aliphatic carbocycles. The van der Waals surface area contributed by atoms with Crippen LogP contribution in [0.15, 0.2) is 161 Å². The number of carbonyl (C=O) groups excluding carboxylic acids is 4. The molecule has 0 aromatic heterocycles. The lowest BCUT2D eigenvalue weighted by molar-refractivity contribution is 0.101. The van der Waals surface area contributed by atoms with Gasteiger partial charge in [0.25, 0.3) is 0 Å². The maximum absolute atomic E-state index is 14.0. The highest BCUT2D eigenvalue weighted by molar-refractivity contribution is 8.30. The van der Waals surface area contributed by atoms with Crippen LogP contribution in [0.5, 0.6) is 0 Å². The second-order valence-electron chi connectivity index (χ2n) is 11.2. The van der Waals surface area contributed by atoms with Crippen molar-refractivity contribution >= 4 is 116 Å². The van der Waals surface area contributed by atoms with Crippen LogP contribution in [0.25, 0.3) is 0 Å². The molecule has 0 saturated carbocycles. The number of ketones is 4. The number of allylic oxidation sites excluding steroid dienone is 5. The second-order valence-corrected chi connectivity index (χ2v) is 17.8. The van der Waals surface area contributed by atoms with Gasteiger partial charge >= 0.3 is 0 Å². The first-order chi connectivity index (χ1) is 25.4. The maximum Gasteiger partial charge on any atom is 0.201 e. The van der Waals surface area contributed by atoms with Gasteiger partial charge < -0.3 is 4.90 Å². The van der Waals surface area contributed by atoms with Crippen molar-refractivity contribution in [3.8, 4) is 0 Å². The van der Waals surface area contributed by atoms with E-state index in [0.29, 0.717) is 78.2 Å². The van der Waals surface area contributed by atoms with Crippen LogP contribution in [0.2, 0.25) is 0 Å². The summed E-state index contributed by atoms with van der Waals surface area (Å²) in [6.45, 7) is 0.520. The molecule has 52 heavy (non-hydrogen) atoms. The molecule has 0 unspecified atom stereocenters. The van der Waals surface area contributed by atoms with Crippen molar-refractivity contribution in [3.63, 3.8) is 0 Å². The number of thiocarbonyl (C=S) groups is 2. The van der Waals surface area contributed by atoms with Gasteiger partial charge in [-0.3, -0.25) is 19.2 Å². The van der Waals surface area contributed by atoms with Gasteiger partial charge in [-0.1, -0.05) is 193 Å². The fourth-order valence-electron chi connectivity index (χ4n) is 5.46. The summed E-state index contributed by atoms with van der Waals surface area (Å²) in [5.41, 5.74) is 3.19. The van der Waals surface area contributed by atoms with E-state index >= 15 is 0 Å². The molecular formula is C40H25NO4S7. The number of rotatable bonds is 10. The normalized spacial score (nSPS) is 16.0. The average molecular weight is 808 g/mol. The lowest BCUT2D eigenvalue weighted by Gasteiger charge is -2.33. The van der Waals surface area contributed by atoms with Gasteiger partial charge in [-0.2, -0.15) is 0 Å². The molecule has 5 nitrogen and oxygen atoms in total. The van der Waals surface area contributed by atoms with Gasteiger partial charge in [-0.15, -0.1) is 11.8 Å². The smallest absolute Gasteiger partial charge is 0.201 e. The predicted molar refractivity (Wildman–Crippen MR) is 227 cm³/mol. The minimum absolute atomic E-state index is 0.249. The Labute approximate surface area is 332 Å². The van der Waals surface area contributed by atoms with E-state index in [2.05, 4.69) is 0 Å². The molecule has 1 fully saturated rings. The molecule has 3 aliphatic heterocycles. The quantitative estimate of drug-likeness (QED) is 0.0870. The maximum atomic E-state index is 14.0. The summed E-state index contributed by atoms with van der Waals surface area (Å²) < 4.78 is 1.95. The molecule has 1 saturated heterocycles. The van der Waals surface area contributed by atoms with Crippen LogP contribution >= 0.6 is 83.2 Å². The van der Waals surface area contributed by atoms with Gasteiger partial charge in [0.05, 0.1) is 43.7 Å². The zero-order chi connectivity index (χ0) is 36.2. The summed E-state index contributed by atoms with van der Waals surface area (Å²) >= 11 is 18.1. The third-order valence-corrected chi connectivity index (χ3v) is 14.8. The third kappa shape index (κ3) is 7.52. The Morgan fingerprint density at radius 3 is 1.23 bits per heavy atom. The van der Waals surface area contributed by atoms with E-state index in [1.165, 1.54) is 58.8 Å². The van der Waals surface area contributed by atoms with Crippen LogP contribution in [0.4, 0.5) is 0 Å². The van der Waals surface area contributed by atoms with Crippen LogP contribution in [-0.4, -0.2) is 49.9 Å². The topological polar surface area (TPSA) is 71.5 Å².